The smallest absolute Gasteiger partial charge is 0.315 e. The molecule has 0 aromatic carbocycles. The van der Waals surface area contributed by atoms with E-state index in [1.807, 2.05) is 0 Å². The van der Waals surface area contributed by atoms with Crippen LogP contribution in [0.1, 0.15) is 103 Å². The third kappa shape index (κ3) is 7.12. The summed E-state index contributed by atoms with van der Waals surface area (Å²) in [7, 11) is 0. The van der Waals surface area contributed by atoms with E-state index in [4.69, 9.17) is 28.9 Å². The highest BCUT2D eigenvalue weighted by Gasteiger charge is 2.52. The van der Waals surface area contributed by atoms with Crippen LogP contribution >= 0.6 is 23.2 Å². The van der Waals surface area contributed by atoms with Crippen LogP contribution in [0.2, 0.25) is 0 Å². The summed E-state index contributed by atoms with van der Waals surface area (Å²) in [6.45, 7) is 0.246. The highest BCUT2D eigenvalue weighted by Crippen LogP contribution is 2.55. The highest BCUT2D eigenvalue weighted by atomic mass is 35.5. The molecule has 6 saturated carbocycles. The fraction of sp³-hybridized carbons (Fsp3) is 0.848. The molecule has 4 atom stereocenters. The first kappa shape index (κ1) is 32.9. The Hall–Kier alpha value is -2.07. The maximum absolute atomic E-state index is 14.5. The van der Waals surface area contributed by atoms with Crippen molar-refractivity contribution >= 4 is 52.7 Å². The Morgan fingerprint density at radius 2 is 1.44 bits per heavy atom. The number of nitrogens with zero attached hydrogens (tertiary/aromatic N) is 1. The number of halogens is 2. The Balaban J connectivity index is 1.19. The Morgan fingerprint density at radius 3 is 1.98 bits per heavy atom. The number of carbonyl (C=O) groups is 5. The van der Waals surface area contributed by atoms with E-state index in [2.05, 4.69) is 16.0 Å². The van der Waals surface area contributed by atoms with Gasteiger partial charge in [-0.1, -0.05) is 38.5 Å². The number of rotatable bonds is 11. The van der Waals surface area contributed by atoms with Crippen molar-refractivity contribution in [3.8, 4) is 0 Å². The van der Waals surface area contributed by atoms with Gasteiger partial charge in [0.05, 0.1) is 6.04 Å². The molecule has 0 aromatic heterocycles. The molecule has 4 bridgehead atoms. The van der Waals surface area contributed by atoms with Crippen molar-refractivity contribution in [3.63, 3.8) is 0 Å². The maximum atomic E-state index is 14.5. The molecular weight excluding hydrogens is 617 g/mol. The van der Waals surface area contributed by atoms with E-state index >= 15 is 0 Å². The molecule has 250 valence electrons. The van der Waals surface area contributed by atoms with Crippen LogP contribution < -0.4 is 21.7 Å². The van der Waals surface area contributed by atoms with Gasteiger partial charge in [0, 0.05) is 18.0 Å². The second-order valence-electron chi connectivity index (χ2n) is 15.3. The lowest BCUT2D eigenvalue weighted by molar-refractivity contribution is -0.143. The molecule has 0 spiro atoms. The molecule has 7 fully saturated rings. The fourth-order valence-corrected chi connectivity index (χ4v) is 10.6. The average molecular weight is 667 g/mol. The number of urea groups is 1. The van der Waals surface area contributed by atoms with Gasteiger partial charge < -0.3 is 26.6 Å². The van der Waals surface area contributed by atoms with E-state index in [1.54, 1.807) is 0 Å². The molecule has 5 N–H and O–H groups in total. The van der Waals surface area contributed by atoms with E-state index in [-0.39, 0.29) is 35.9 Å². The molecule has 7 aliphatic rings. The Kier molecular flexibility index (Phi) is 9.91. The summed E-state index contributed by atoms with van der Waals surface area (Å²) in [4.78, 5) is 67.2. The first-order valence-corrected chi connectivity index (χ1v) is 18.2. The third-order valence-corrected chi connectivity index (χ3v) is 12.7. The maximum Gasteiger partial charge on any atom is 0.315 e. The zero-order chi connectivity index (χ0) is 31.9. The lowest BCUT2D eigenvalue weighted by Crippen LogP contribution is -2.64. The zero-order valence-electron chi connectivity index (χ0n) is 26.1. The Bertz CT molecular complexity index is 1140. The van der Waals surface area contributed by atoms with Crippen molar-refractivity contribution in [2.24, 2.45) is 41.2 Å². The minimum atomic E-state index is -1.10. The number of nitrogens with one attached hydrogen (secondary N) is 3. The molecule has 7 rings (SSSR count). The summed E-state index contributed by atoms with van der Waals surface area (Å²) in [6.07, 6.45) is 15.1. The number of primary amides is 1. The number of Topliss-reactive ketones (excluding diaryl/α,β-unsaturated/α-hetero) is 1. The van der Waals surface area contributed by atoms with Crippen LogP contribution in [0.15, 0.2) is 0 Å². The van der Waals surface area contributed by atoms with Crippen LogP contribution in [-0.2, 0) is 19.2 Å². The molecule has 0 radical (unpaired) electrons. The van der Waals surface area contributed by atoms with Gasteiger partial charge in [-0.3, -0.25) is 19.2 Å². The number of hydrogen-bond donors (Lipinski definition) is 4. The van der Waals surface area contributed by atoms with Gasteiger partial charge in [-0.15, -0.1) is 23.2 Å². The molecular formula is C33H49Cl2N5O5. The molecule has 45 heavy (non-hydrogen) atoms. The molecule has 0 aromatic rings. The van der Waals surface area contributed by atoms with Crippen LogP contribution in [0.3, 0.4) is 0 Å². The molecule has 6 aliphatic carbocycles. The van der Waals surface area contributed by atoms with Crippen molar-refractivity contribution in [3.05, 3.63) is 0 Å². The normalized spacial score (nSPS) is 34.2. The number of hydrogen-bond acceptors (Lipinski definition) is 5. The van der Waals surface area contributed by atoms with Gasteiger partial charge in [0.25, 0.3) is 5.91 Å². The van der Waals surface area contributed by atoms with Gasteiger partial charge in [0.1, 0.15) is 16.9 Å². The topological polar surface area (TPSA) is 151 Å². The summed E-state index contributed by atoms with van der Waals surface area (Å²) in [5.41, 5.74) is 5.13. The zero-order valence-corrected chi connectivity index (χ0v) is 27.6. The second kappa shape index (κ2) is 13.6. The number of alkyl halides is 2. The molecule has 1 saturated heterocycles. The van der Waals surface area contributed by atoms with Crippen molar-refractivity contribution in [1.82, 2.24) is 20.9 Å². The van der Waals surface area contributed by atoms with Crippen LogP contribution in [0.25, 0.3) is 0 Å². The van der Waals surface area contributed by atoms with Gasteiger partial charge >= 0.3 is 6.03 Å². The predicted octanol–water partition coefficient (Wildman–Crippen LogP) is 3.95. The minimum Gasteiger partial charge on any atom is -0.363 e. The Labute approximate surface area is 276 Å². The summed E-state index contributed by atoms with van der Waals surface area (Å²) in [6, 6.07) is -3.21. The van der Waals surface area contributed by atoms with Crippen LogP contribution in [0, 0.1) is 35.5 Å². The first-order chi connectivity index (χ1) is 21.5. The van der Waals surface area contributed by atoms with E-state index in [9.17, 15) is 24.0 Å². The van der Waals surface area contributed by atoms with Gasteiger partial charge in [-0.2, -0.15) is 0 Å². The van der Waals surface area contributed by atoms with Crippen LogP contribution in [0.5, 0.6) is 0 Å². The van der Waals surface area contributed by atoms with Gasteiger partial charge in [0.15, 0.2) is 0 Å². The van der Waals surface area contributed by atoms with Gasteiger partial charge in [-0.05, 0) is 93.8 Å². The first-order valence-electron chi connectivity index (χ1n) is 17.3. The molecule has 1 heterocycles. The predicted molar refractivity (Wildman–Crippen MR) is 170 cm³/mol. The summed E-state index contributed by atoms with van der Waals surface area (Å²) >= 11 is 12.7. The number of carbonyl (C=O) groups excluding carboxylic acids is 5. The highest BCUT2D eigenvalue weighted by molar-refractivity contribution is 6.44. The quantitative estimate of drug-likeness (QED) is 0.195. The standard InChI is InChI=1S/C33H49Cl2N5O5/c34-28(35)23-9-10-40(26(23)30(43)37-24(27(41)29(36)42)14-18-5-4-6-18)31(44)25(22-7-2-1-3-8-22)38-32(45)39-33-15-19-11-20(16-33)13-21(12-19)17-33/h18-26,28H,1-17H2,(H2,36,42)(H,37,43)(H2,38,39,45)/t19?,20?,21?,23?,24?,25-,26-,33?/m0/s1. The van der Waals surface area contributed by atoms with Gasteiger partial charge in [0.2, 0.25) is 17.6 Å². The van der Waals surface area contributed by atoms with Crippen LogP contribution in [-0.4, -0.2) is 69.5 Å². The van der Waals surface area contributed by atoms with Crippen molar-refractivity contribution in [2.45, 2.75) is 131 Å². The summed E-state index contributed by atoms with van der Waals surface area (Å²) < 4.78 is 0. The van der Waals surface area contributed by atoms with E-state index < -0.39 is 46.5 Å². The average Bonchev–Trinajstić information content (AvgIpc) is 3.42. The number of amides is 5. The van der Waals surface area contributed by atoms with E-state index in [0.29, 0.717) is 30.6 Å². The lowest BCUT2D eigenvalue weighted by Gasteiger charge is -2.56. The number of nitrogens with two attached hydrogens (primary N) is 1. The summed E-state index contributed by atoms with van der Waals surface area (Å²) in [5, 5.41) is 9.21. The SMILES string of the molecule is NC(=O)C(=O)C(CC1CCC1)NC(=O)[C@@H]1C(C(Cl)Cl)CCN1C(=O)[C@@H](NC(=O)NC12CC3CC(CC(C3)C1)C2)C1CCCCC1. The van der Waals surface area contributed by atoms with Crippen molar-refractivity contribution < 1.29 is 24.0 Å². The van der Waals surface area contributed by atoms with Crippen molar-refractivity contribution in [1.29, 1.82) is 0 Å². The largest absolute Gasteiger partial charge is 0.363 e. The molecule has 5 amide bonds. The second-order valence-corrected chi connectivity index (χ2v) is 16.4. The van der Waals surface area contributed by atoms with Gasteiger partial charge in [-0.25, -0.2) is 4.79 Å². The minimum absolute atomic E-state index is 0.0540. The summed E-state index contributed by atoms with van der Waals surface area (Å²) in [5.74, 6) is -1.25. The number of likely N-dealkylation sites (tertiary alicyclic amines) is 1. The van der Waals surface area contributed by atoms with Crippen LogP contribution in [0.4, 0.5) is 4.79 Å². The fourth-order valence-electron chi connectivity index (χ4n) is 10.1. The van der Waals surface area contributed by atoms with E-state index in [1.165, 1.54) is 24.2 Å². The third-order valence-electron chi connectivity index (χ3n) is 12.1. The molecule has 12 heteroatoms. The monoisotopic (exact) mass is 665 g/mol. The van der Waals surface area contributed by atoms with Crippen molar-refractivity contribution in [2.75, 3.05) is 6.54 Å². The van der Waals surface area contributed by atoms with E-state index in [0.717, 1.165) is 70.6 Å². The molecule has 2 unspecified atom stereocenters. The number of ketones is 1. The Morgan fingerprint density at radius 1 is 0.822 bits per heavy atom. The lowest BCUT2D eigenvalue weighted by atomic mass is 9.53. The molecule has 1 aliphatic heterocycles. The molecule has 10 nitrogen and oxygen atoms in total.